The predicted molar refractivity (Wildman–Crippen MR) is 127 cm³/mol. The van der Waals surface area contributed by atoms with Crippen molar-refractivity contribution >= 4 is 28.6 Å². The van der Waals surface area contributed by atoms with Gasteiger partial charge in [-0.05, 0) is 34.0 Å². The van der Waals surface area contributed by atoms with E-state index in [9.17, 15) is 14.9 Å². The molecule has 0 unspecified atom stereocenters. The number of hydrogen-bond donors (Lipinski definition) is 1. The molecule has 4 aromatic carbocycles. The second-order valence-electron chi connectivity index (χ2n) is 7.36. The van der Waals surface area contributed by atoms with Crippen LogP contribution in [-0.2, 0) is 17.8 Å². The molecule has 1 N–H and O–H groups in total. The van der Waals surface area contributed by atoms with Gasteiger partial charge in [0.25, 0.3) is 5.69 Å². The minimum atomic E-state index is -0.478. The van der Waals surface area contributed by atoms with Crippen LogP contribution in [0.2, 0.25) is 0 Å². The van der Waals surface area contributed by atoms with Gasteiger partial charge in [0.2, 0.25) is 5.91 Å². The molecule has 0 atom stereocenters. The SMILES string of the molecule is O=C(Cc1ccc([N+](=O)[O-])cc1)N/N=C\c1ccccc1OCc1cccc2ccccc12. The van der Waals surface area contributed by atoms with Crippen LogP contribution >= 0.6 is 0 Å². The topological polar surface area (TPSA) is 93.8 Å². The first kappa shape index (κ1) is 21.7. The average molecular weight is 439 g/mol. The predicted octanol–water partition coefficient (Wildman–Crippen LogP) is 5.02. The largest absolute Gasteiger partial charge is 0.488 e. The molecule has 164 valence electrons. The Morgan fingerprint density at radius 2 is 1.67 bits per heavy atom. The summed E-state index contributed by atoms with van der Waals surface area (Å²) in [5, 5.41) is 17.1. The van der Waals surface area contributed by atoms with Crippen molar-refractivity contribution in [2.75, 3.05) is 0 Å². The number of nitro groups is 1. The number of carbonyl (C=O) groups excluding carboxylic acids is 1. The number of nitro benzene ring substituents is 1. The van der Waals surface area contributed by atoms with Crippen molar-refractivity contribution < 1.29 is 14.5 Å². The highest BCUT2D eigenvalue weighted by Gasteiger charge is 2.08. The van der Waals surface area contributed by atoms with E-state index in [1.54, 1.807) is 12.1 Å². The Morgan fingerprint density at radius 1 is 0.939 bits per heavy atom. The molecule has 4 rings (SSSR count). The molecule has 1 amide bonds. The number of benzene rings is 4. The van der Waals surface area contributed by atoms with Crippen LogP contribution in [0.1, 0.15) is 16.7 Å². The lowest BCUT2D eigenvalue weighted by molar-refractivity contribution is -0.384. The van der Waals surface area contributed by atoms with Gasteiger partial charge in [0.1, 0.15) is 12.4 Å². The third-order valence-corrected chi connectivity index (χ3v) is 5.09. The number of nitrogens with zero attached hydrogens (tertiary/aromatic N) is 2. The Kier molecular flexibility index (Phi) is 6.70. The van der Waals surface area contributed by atoms with Crippen molar-refractivity contribution in [3.8, 4) is 5.75 Å². The molecule has 0 aliphatic carbocycles. The zero-order chi connectivity index (χ0) is 23.0. The highest BCUT2D eigenvalue weighted by Crippen LogP contribution is 2.22. The summed E-state index contributed by atoms with van der Waals surface area (Å²) >= 11 is 0. The maximum Gasteiger partial charge on any atom is 0.269 e. The van der Waals surface area contributed by atoms with Gasteiger partial charge in [-0.15, -0.1) is 0 Å². The van der Waals surface area contributed by atoms with Crippen molar-refractivity contribution in [1.82, 2.24) is 5.43 Å². The Morgan fingerprint density at radius 3 is 2.48 bits per heavy atom. The summed E-state index contributed by atoms with van der Waals surface area (Å²) in [6, 6.07) is 27.6. The fourth-order valence-electron chi connectivity index (χ4n) is 3.43. The molecule has 0 bridgehead atoms. The summed E-state index contributed by atoms with van der Waals surface area (Å²) in [5.74, 6) is 0.327. The van der Waals surface area contributed by atoms with Crippen molar-refractivity contribution in [3.05, 3.63) is 118 Å². The minimum Gasteiger partial charge on any atom is -0.488 e. The summed E-state index contributed by atoms with van der Waals surface area (Å²) in [5.41, 5.74) is 4.94. The highest BCUT2D eigenvalue weighted by atomic mass is 16.6. The molecule has 0 aliphatic heterocycles. The smallest absolute Gasteiger partial charge is 0.269 e. The fourth-order valence-corrected chi connectivity index (χ4v) is 3.43. The summed E-state index contributed by atoms with van der Waals surface area (Å²) in [6.07, 6.45) is 1.60. The number of hydrazone groups is 1. The fraction of sp³-hybridized carbons (Fsp3) is 0.0769. The lowest BCUT2D eigenvalue weighted by atomic mass is 10.1. The molecule has 0 heterocycles. The number of ether oxygens (including phenoxy) is 1. The van der Waals surface area contributed by atoms with E-state index in [0.717, 1.165) is 21.9 Å². The van der Waals surface area contributed by atoms with Crippen LogP contribution in [0.15, 0.2) is 96.1 Å². The minimum absolute atomic E-state index is 0.0164. The molecular weight excluding hydrogens is 418 g/mol. The number of non-ortho nitro benzene ring substituents is 1. The van der Waals surface area contributed by atoms with Crippen LogP contribution in [-0.4, -0.2) is 17.0 Å². The molecule has 0 saturated carbocycles. The first-order valence-electron chi connectivity index (χ1n) is 10.3. The normalized spacial score (nSPS) is 10.9. The number of para-hydroxylation sites is 1. The van der Waals surface area contributed by atoms with Crippen molar-refractivity contribution in [3.63, 3.8) is 0 Å². The van der Waals surface area contributed by atoms with Crippen LogP contribution in [0.3, 0.4) is 0 Å². The molecule has 4 aromatic rings. The summed E-state index contributed by atoms with van der Waals surface area (Å²) in [7, 11) is 0. The molecule has 33 heavy (non-hydrogen) atoms. The Hall–Kier alpha value is -4.52. The zero-order valence-electron chi connectivity index (χ0n) is 17.7. The van der Waals surface area contributed by atoms with Gasteiger partial charge in [-0.1, -0.05) is 66.7 Å². The lowest BCUT2D eigenvalue weighted by Gasteiger charge is -2.11. The molecule has 7 nitrogen and oxygen atoms in total. The van der Waals surface area contributed by atoms with Gasteiger partial charge in [0, 0.05) is 17.7 Å². The van der Waals surface area contributed by atoms with Gasteiger partial charge in [-0.25, -0.2) is 5.43 Å². The molecule has 0 radical (unpaired) electrons. The van der Waals surface area contributed by atoms with Crippen LogP contribution in [0.5, 0.6) is 5.75 Å². The Bertz CT molecular complexity index is 1310. The highest BCUT2D eigenvalue weighted by molar-refractivity contribution is 5.86. The summed E-state index contributed by atoms with van der Waals surface area (Å²) < 4.78 is 6.06. The maximum absolute atomic E-state index is 12.2. The third-order valence-electron chi connectivity index (χ3n) is 5.09. The van der Waals surface area contributed by atoms with Gasteiger partial charge >= 0.3 is 0 Å². The van der Waals surface area contributed by atoms with Gasteiger partial charge in [-0.3, -0.25) is 14.9 Å². The van der Waals surface area contributed by atoms with Crippen LogP contribution < -0.4 is 10.2 Å². The number of carbonyl (C=O) groups is 1. The number of nitrogens with one attached hydrogen (secondary N) is 1. The van der Waals surface area contributed by atoms with E-state index in [1.165, 1.54) is 18.3 Å². The Labute approximate surface area is 190 Å². The second kappa shape index (κ2) is 10.2. The maximum atomic E-state index is 12.2. The summed E-state index contributed by atoms with van der Waals surface area (Å²) in [6.45, 7) is 0.401. The van der Waals surface area contributed by atoms with E-state index < -0.39 is 4.92 Å². The molecular formula is C26H21N3O4. The van der Waals surface area contributed by atoms with Crippen molar-refractivity contribution in [2.45, 2.75) is 13.0 Å². The molecule has 0 fully saturated rings. The van der Waals surface area contributed by atoms with Crippen molar-refractivity contribution in [2.24, 2.45) is 5.10 Å². The molecule has 0 aliphatic rings. The summed E-state index contributed by atoms with van der Waals surface area (Å²) in [4.78, 5) is 22.4. The van der Waals surface area contributed by atoms with Gasteiger partial charge in [0.15, 0.2) is 0 Å². The molecule has 0 spiro atoms. The first-order chi connectivity index (χ1) is 16.1. The zero-order valence-corrected chi connectivity index (χ0v) is 17.7. The number of fused-ring (bicyclic) bond motifs is 1. The number of hydrogen-bond acceptors (Lipinski definition) is 5. The van der Waals surface area contributed by atoms with E-state index in [2.05, 4.69) is 28.7 Å². The number of rotatable bonds is 8. The quantitative estimate of drug-likeness (QED) is 0.237. The first-order valence-corrected chi connectivity index (χ1v) is 10.3. The molecule has 0 aromatic heterocycles. The van der Waals surface area contributed by atoms with E-state index in [0.29, 0.717) is 17.9 Å². The lowest BCUT2D eigenvalue weighted by Crippen LogP contribution is -2.19. The van der Waals surface area contributed by atoms with Gasteiger partial charge in [0.05, 0.1) is 17.6 Å². The third kappa shape index (κ3) is 5.59. The van der Waals surface area contributed by atoms with Crippen molar-refractivity contribution in [1.29, 1.82) is 0 Å². The molecule has 7 heteroatoms. The second-order valence-corrected chi connectivity index (χ2v) is 7.36. The van der Waals surface area contributed by atoms with E-state index in [-0.39, 0.29) is 18.0 Å². The monoisotopic (exact) mass is 439 g/mol. The van der Waals surface area contributed by atoms with E-state index >= 15 is 0 Å². The van der Waals surface area contributed by atoms with Gasteiger partial charge < -0.3 is 4.74 Å². The van der Waals surface area contributed by atoms with Gasteiger partial charge in [-0.2, -0.15) is 5.10 Å². The van der Waals surface area contributed by atoms with Crippen LogP contribution in [0, 0.1) is 10.1 Å². The average Bonchev–Trinajstić information content (AvgIpc) is 2.83. The van der Waals surface area contributed by atoms with Crippen LogP contribution in [0.25, 0.3) is 10.8 Å². The van der Waals surface area contributed by atoms with E-state index in [4.69, 9.17) is 4.74 Å². The van der Waals surface area contributed by atoms with Crippen LogP contribution in [0.4, 0.5) is 5.69 Å². The van der Waals surface area contributed by atoms with E-state index in [1.807, 2.05) is 48.5 Å². The number of amides is 1. The molecule has 0 saturated heterocycles. The Balaban J connectivity index is 1.38. The standard InChI is InChI=1S/C26H21N3O4/c30-26(16-19-12-14-23(15-13-19)29(31)32)28-27-17-21-7-2-4-11-25(21)33-18-22-9-5-8-20-6-1-3-10-24(20)22/h1-15,17H,16,18H2,(H,28,30)/b27-17-.